The van der Waals surface area contributed by atoms with E-state index in [1.165, 1.54) is 6.42 Å². The van der Waals surface area contributed by atoms with E-state index >= 15 is 0 Å². The number of piperidine rings is 2. The fourth-order valence-electron chi connectivity index (χ4n) is 4.62. The molecule has 1 amide bonds. The Morgan fingerprint density at radius 3 is 2.67 bits per heavy atom. The van der Waals surface area contributed by atoms with Gasteiger partial charge in [0.1, 0.15) is 5.75 Å². The van der Waals surface area contributed by atoms with Crippen LogP contribution in [0.15, 0.2) is 48.8 Å². The summed E-state index contributed by atoms with van der Waals surface area (Å²) in [4.78, 5) is 21.0. The standard InChI is InChI=1S/C22H27N3O2/c26-20-5-2-1-4-19(20)15-24-13-3-9-22(16-24)10-6-21(27)25(17-22)14-18-7-11-23-12-8-18/h1-2,4-5,7-8,11-12,26H,3,6,9-10,13-17H2/t22-/m1/s1. The van der Waals surface area contributed by atoms with E-state index in [4.69, 9.17) is 0 Å². The summed E-state index contributed by atoms with van der Waals surface area (Å²) in [6.45, 7) is 4.30. The number of hydrogen-bond donors (Lipinski definition) is 1. The number of carbonyl (C=O) groups is 1. The summed E-state index contributed by atoms with van der Waals surface area (Å²) in [5.41, 5.74) is 2.29. The van der Waals surface area contributed by atoms with Crippen LogP contribution in [0.4, 0.5) is 0 Å². The lowest BCUT2D eigenvalue weighted by molar-refractivity contribution is -0.140. The third-order valence-corrected chi connectivity index (χ3v) is 6.00. The second-order valence-corrected chi connectivity index (χ2v) is 8.05. The first kappa shape index (κ1) is 18.0. The molecule has 2 aromatic rings. The van der Waals surface area contributed by atoms with Crippen LogP contribution in [0.25, 0.3) is 0 Å². The average molecular weight is 365 g/mol. The Labute approximate surface area is 160 Å². The predicted octanol–water partition coefficient (Wildman–Crippen LogP) is 3.19. The summed E-state index contributed by atoms with van der Waals surface area (Å²) >= 11 is 0. The zero-order chi connectivity index (χ0) is 18.7. The Balaban J connectivity index is 1.45. The zero-order valence-electron chi connectivity index (χ0n) is 15.7. The van der Waals surface area contributed by atoms with Gasteiger partial charge in [-0.05, 0) is 49.6 Å². The van der Waals surface area contributed by atoms with Gasteiger partial charge in [0.05, 0.1) is 0 Å². The van der Waals surface area contributed by atoms with Crippen molar-refractivity contribution in [2.45, 2.75) is 38.8 Å². The molecule has 142 valence electrons. The summed E-state index contributed by atoms with van der Waals surface area (Å²) in [5.74, 6) is 0.630. The van der Waals surface area contributed by atoms with Gasteiger partial charge in [0.25, 0.3) is 0 Å². The Morgan fingerprint density at radius 1 is 1.04 bits per heavy atom. The molecule has 5 nitrogen and oxygen atoms in total. The van der Waals surface area contributed by atoms with E-state index in [1.807, 2.05) is 35.2 Å². The van der Waals surface area contributed by atoms with Crippen molar-refractivity contribution in [2.75, 3.05) is 19.6 Å². The molecule has 1 N–H and O–H groups in total. The minimum atomic E-state index is 0.170. The number of carbonyl (C=O) groups excluding carboxylic acids is 1. The number of amides is 1. The van der Waals surface area contributed by atoms with Crippen molar-refractivity contribution >= 4 is 5.91 Å². The van der Waals surface area contributed by atoms with Gasteiger partial charge in [0.2, 0.25) is 5.91 Å². The molecule has 0 radical (unpaired) electrons. The lowest BCUT2D eigenvalue weighted by Gasteiger charge is -2.48. The zero-order valence-corrected chi connectivity index (χ0v) is 15.7. The molecule has 0 unspecified atom stereocenters. The summed E-state index contributed by atoms with van der Waals surface area (Å²) in [6, 6.07) is 11.6. The van der Waals surface area contributed by atoms with Crippen LogP contribution in [0, 0.1) is 5.41 Å². The number of aromatic hydroxyl groups is 1. The minimum Gasteiger partial charge on any atom is -0.508 e. The number of para-hydroxylation sites is 1. The molecule has 1 aromatic heterocycles. The summed E-state index contributed by atoms with van der Waals surface area (Å²) in [5, 5.41) is 10.1. The molecule has 4 rings (SSSR count). The fourth-order valence-corrected chi connectivity index (χ4v) is 4.62. The lowest BCUT2D eigenvalue weighted by atomic mass is 9.73. The molecule has 1 spiro atoms. The molecular formula is C22H27N3O2. The lowest BCUT2D eigenvalue weighted by Crippen LogP contribution is -2.53. The molecule has 1 atom stereocenters. The first-order valence-corrected chi connectivity index (χ1v) is 9.80. The van der Waals surface area contributed by atoms with Crippen LogP contribution in [0.1, 0.15) is 36.8 Å². The van der Waals surface area contributed by atoms with E-state index in [0.29, 0.717) is 18.7 Å². The van der Waals surface area contributed by atoms with Gasteiger partial charge < -0.3 is 10.0 Å². The average Bonchev–Trinajstić information content (AvgIpc) is 2.68. The predicted molar refractivity (Wildman–Crippen MR) is 104 cm³/mol. The van der Waals surface area contributed by atoms with E-state index in [1.54, 1.807) is 18.5 Å². The normalized spacial score (nSPS) is 23.7. The molecular weight excluding hydrogens is 338 g/mol. The van der Waals surface area contributed by atoms with Gasteiger partial charge in [-0.1, -0.05) is 18.2 Å². The maximum absolute atomic E-state index is 12.5. The van der Waals surface area contributed by atoms with Gasteiger partial charge in [0, 0.05) is 56.0 Å². The van der Waals surface area contributed by atoms with Crippen LogP contribution >= 0.6 is 0 Å². The third-order valence-electron chi connectivity index (χ3n) is 6.00. The molecule has 0 aliphatic carbocycles. The highest BCUT2D eigenvalue weighted by atomic mass is 16.3. The smallest absolute Gasteiger partial charge is 0.222 e. The van der Waals surface area contributed by atoms with Crippen molar-refractivity contribution in [2.24, 2.45) is 5.41 Å². The maximum Gasteiger partial charge on any atom is 0.222 e. The first-order valence-electron chi connectivity index (χ1n) is 9.80. The van der Waals surface area contributed by atoms with Crippen molar-refractivity contribution in [1.82, 2.24) is 14.8 Å². The molecule has 3 heterocycles. The topological polar surface area (TPSA) is 56.7 Å². The van der Waals surface area contributed by atoms with Crippen LogP contribution in [0.5, 0.6) is 5.75 Å². The molecule has 2 saturated heterocycles. The van der Waals surface area contributed by atoms with E-state index < -0.39 is 0 Å². The Morgan fingerprint density at radius 2 is 1.85 bits per heavy atom. The highest BCUT2D eigenvalue weighted by molar-refractivity contribution is 5.77. The second-order valence-electron chi connectivity index (χ2n) is 8.05. The monoisotopic (exact) mass is 365 g/mol. The minimum absolute atomic E-state index is 0.170. The molecule has 0 saturated carbocycles. The van der Waals surface area contributed by atoms with Crippen molar-refractivity contribution in [3.63, 3.8) is 0 Å². The molecule has 1 aromatic carbocycles. The Bertz CT molecular complexity index is 795. The van der Waals surface area contributed by atoms with Crippen LogP contribution in [0.2, 0.25) is 0 Å². The highest BCUT2D eigenvalue weighted by Crippen LogP contribution is 2.40. The van der Waals surface area contributed by atoms with Crippen molar-refractivity contribution in [1.29, 1.82) is 0 Å². The summed E-state index contributed by atoms with van der Waals surface area (Å²) in [7, 11) is 0. The van der Waals surface area contributed by atoms with Crippen LogP contribution in [-0.4, -0.2) is 45.4 Å². The Hall–Kier alpha value is -2.40. The number of hydrogen-bond acceptors (Lipinski definition) is 4. The number of pyridine rings is 1. The first-order chi connectivity index (χ1) is 13.1. The van der Waals surface area contributed by atoms with Crippen molar-refractivity contribution < 1.29 is 9.90 Å². The maximum atomic E-state index is 12.5. The quantitative estimate of drug-likeness (QED) is 0.904. The molecule has 2 fully saturated rings. The number of phenolic OH excluding ortho intramolecular Hbond substituents is 1. The molecule has 0 bridgehead atoms. The Kier molecular flexibility index (Phi) is 5.12. The molecule has 2 aliphatic rings. The van der Waals surface area contributed by atoms with Crippen LogP contribution in [0.3, 0.4) is 0 Å². The van der Waals surface area contributed by atoms with Gasteiger partial charge in [-0.3, -0.25) is 14.7 Å². The van der Waals surface area contributed by atoms with Gasteiger partial charge in [-0.25, -0.2) is 0 Å². The summed E-state index contributed by atoms with van der Waals surface area (Å²) in [6.07, 6.45) is 7.49. The number of likely N-dealkylation sites (tertiary alicyclic amines) is 2. The van der Waals surface area contributed by atoms with Gasteiger partial charge in [0.15, 0.2) is 0 Å². The van der Waals surface area contributed by atoms with Crippen molar-refractivity contribution in [3.05, 3.63) is 59.9 Å². The second kappa shape index (κ2) is 7.69. The molecule has 5 heteroatoms. The molecule has 27 heavy (non-hydrogen) atoms. The van der Waals surface area contributed by atoms with E-state index in [9.17, 15) is 9.90 Å². The number of aromatic nitrogens is 1. The largest absolute Gasteiger partial charge is 0.508 e. The van der Waals surface area contributed by atoms with E-state index in [0.717, 1.165) is 50.1 Å². The van der Waals surface area contributed by atoms with Crippen LogP contribution < -0.4 is 0 Å². The number of rotatable bonds is 4. The summed E-state index contributed by atoms with van der Waals surface area (Å²) < 4.78 is 0. The van der Waals surface area contributed by atoms with Crippen molar-refractivity contribution in [3.8, 4) is 5.75 Å². The third kappa shape index (κ3) is 4.14. The molecule has 2 aliphatic heterocycles. The van der Waals surface area contributed by atoms with Gasteiger partial charge in [-0.15, -0.1) is 0 Å². The SMILES string of the molecule is O=C1CC[C@@]2(CCCN(Cc3ccccc3O)C2)CN1Cc1ccncc1. The van der Waals surface area contributed by atoms with Gasteiger partial charge in [-0.2, -0.15) is 0 Å². The van der Waals surface area contributed by atoms with E-state index in [2.05, 4.69) is 9.88 Å². The number of phenols is 1. The van der Waals surface area contributed by atoms with Gasteiger partial charge >= 0.3 is 0 Å². The van der Waals surface area contributed by atoms with E-state index in [-0.39, 0.29) is 11.3 Å². The number of nitrogens with zero attached hydrogens (tertiary/aromatic N) is 3. The highest BCUT2D eigenvalue weighted by Gasteiger charge is 2.41. The fraction of sp³-hybridized carbons (Fsp3) is 0.455. The van der Waals surface area contributed by atoms with Crippen LogP contribution in [-0.2, 0) is 17.9 Å². The number of benzene rings is 1.